The Morgan fingerprint density at radius 3 is 2.32 bits per heavy atom. The van der Waals surface area contributed by atoms with Gasteiger partial charge in [-0.2, -0.15) is 0 Å². The van der Waals surface area contributed by atoms with E-state index >= 15 is 0 Å². The molecule has 1 aliphatic rings. The highest BCUT2D eigenvalue weighted by Crippen LogP contribution is 2.26. The summed E-state index contributed by atoms with van der Waals surface area (Å²) in [5.41, 5.74) is 5.92. The maximum Gasteiger partial charge on any atom is 0.304 e. The summed E-state index contributed by atoms with van der Waals surface area (Å²) < 4.78 is 14.9. The summed E-state index contributed by atoms with van der Waals surface area (Å²) in [6.07, 6.45) is 1.82. The van der Waals surface area contributed by atoms with Crippen molar-refractivity contribution in [3.05, 3.63) is 106 Å². The minimum atomic E-state index is -0.861. The average Bonchev–Trinajstić information content (AvgIpc) is 3.05. The second-order valence-corrected chi connectivity index (χ2v) is 7.81. The lowest BCUT2D eigenvalue weighted by molar-refractivity contribution is -0.596. The molecule has 3 aromatic carbocycles. The van der Waals surface area contributed by atoms with Gasteiger partial charge in [-0.1, -0.05) is 41.4 Å². The van der Waals surface area contributed by atoms with Gasteiger partial charge >= 0.3 is 5.91 Å². The lowest BCUT2D eigenvalue weighted by atomic mass is 9.99. The molecule has 0 bridgehead atoms. The summed E-state index contributed by atoms with van der Waals surface area (Å²) in [5.74, 6) is -1.25. The molecular formula is C24H20ClFN3O2+. The highest BCUT2D eigenvalue weighted by molar-refractivity contribution is 6.30. The second-order valence-electron chi connectivity index (χ2n) is 7.38. The maximum absolute atomic E-state index is 13.2. The fraction of sp³-hybridized carbons (Fsp3) is 0.125. The third-order valence-corrected chi connectivity index (χ3v) is 5.36. The summed E-state index contributed by atoms with van der Waals surface area (Å²) in [6.45, 7) is 2.00. The first-order valence-electron chi connectivity index (χ1n) is 9.73. The SMILES string of the molecule is Cc1ccc(/C=[N+]2\NC(=O)[C@@H](NC(=O)c3ccc(F)cc3)[C@H]2c2ccc(Cl)cc2)cc1. The highest BCUT2D eigenvalue weighted by atomic mass is 35.5. The van der Waals surface area contributed by atoms with Crippen molar-refractivity contribution in [2.24, 2.45) is 0 Å². The number of nitrogens with zero attached hydrogens (tertiary/aromatic N) is 1. The van der Waals surface area contributed by atoms with E-state index < -0.39 is 23.8 Å². The van der Waals surface area contributed by atoms with Gasteiger partial charge in [-0.3, -0.25) is 9.59 Å². The van der Waals surface area contributed by atoms with Crippen LogP contribution in [0.1, 0.15) is 33.1 Å². The molecule has 0 aromatic heterocycles. The molecule has 1 heterocycles. The van der Waals surface area contributed by atoms with Gasteiger partial charge in [-0.25, -0.2) is 4.39 Å². The Kier molecular flexibility index (Phi) is 5.82. The first-order chi connectivity index (χ1) is 14.9. The van der Waals surface area contributed by atoms with Crippen molar-refractivity contribution in [2.45, 2.75) is 19.0 Å². The summed E-state index contributed by atoms with van der Waals surface area (Å²) in [4.78, 5) is 25.6. The molecule has 1 fully saturated rings. The lowest BCUT2D eigenvalue weighted by Gasteiger charge is -2.15. The zero-order chi connectivity index (χ0) is 22.0. The molecule has 0 radical (unpaired) electrons. The van der Waals surface area contributed by atoms with Crippen LogP contribution < -0.4 is 10.7 Å². The minimum Gasteiger partial charge on any atom is -0.334 e. The van der Waals surface area contributed by atoms with Crippen molar-refractivity contribution in [1.82, 2.24) is 10.7 Å². The van der Waals surface area contributed by atoms with E-state index in [0.29, 0.717) is 5.02 Å². The van der Waals surface area contributed by atoms with Crippen molar-refractivity contribution >= 4 is 29.6 Å². The quantitative estimate of drug-likeness (QED) is 0.611. The first-order valence-corrected chi connectivity index (χ1v) is 10.1. The summed E-state index contributed by atoms with van der Waals surface area (Å²) in [7, 11) is 0. The molecule has 0 saturated carbocycles. The lowest BCUT2D eigenvalue weighted by Crippen LogP contribution is -2.42. The minimum absolute atomic E-state index is 0.269. The smallest absolute Gasteiger partial charge is 0.304 e. The molecule has 0 spiro atoms. The monoisotopic (exact) mass is 436 g/mol. The van der Waals surface area contributed by atoms with E-state index in [1.54, 1.807) is 16.8 Å². The fourth-order valence-corrected chi connectivity index (χ4v) is 3.61. The maximum atomic E-state index is 13.2. The van der Waals surface area contributed by atoms with E-state index in [2.05, 4.69) is 10.7 Å². The number of hydrogen-bond acceptors (Lipinski definition) is 2. The number of nitrogens with one attached hydrogen (secondary N) is 2. The molecule has 1 aliphatic heterocycles. The number of hydrazone groups is 1. The summed E-state index contributed by atoms with van der Waals surface area (Å²) in [6, 6.07) is 18.8. The van der Waals surface area contributed by atoms with Crippen molar-refractivity contribution in [1.29, 1.82) is 0 Å². The predicted molar refractivity (Wildman–Crippen MR) is 117 cm³/mol. The standard InChI is InChI=1S/C24H19ClFN3O2/c1-15-2-4-16(5-3-15)14-29-22(17-6-10-19(25)11-7-17)21(24(31)28-29)27-23(30)18-8-12-20(26)13-9-18/h2-14,21-22H,1H3,(H-,27,28,30,31)/p+1/b29-14-/t21-,22+/m0/s1. The molecule has 2 atom stereocenters. The van der Waals surface area contributed by atoms with Gasteiger partial charge in [0.15, 0.2) is 6.04 Å². The number of halogens is 2. The predicted octanol–water partition coefficient (Wildman–Crippen LogP) is 3.80. The van der Waals surface area contributed by atoms with Gasteiger partial charge < -0.3 is 5.32 Å². The molecule has 3 aromatic rings. The van der Waals surface area contributed by atoms with E-state index in [1.807, 2.05) is 49.5 Å². The van der Waals surface area contributed by atoms with Crippen LogP contribution in [-0.2, 0) is 4.79 Å². The highest BCUT2D eigenvalue weighted by Gasteiger charge is 2.47. The van der Waals surface area contributed by atoms with Crippen LogP contribution in [0.2, 0.25) is 5.02 Å². The normalized spacial score (nSPS) is 19.3. The van der Waals surface area contributed by atoms with Gasteiger partial charge in [-0.05, 0) is 55.5 Å². The molecule has 2 amide bonds. The molecule has 156 valence electrons. The molecule has 0 unspecified atom stereocenters. The third-order valence-electron chi connectivity index (χ3n) is 5.11. The van der Waals surface area contributed by atoms with Crippen LogP contribution in [0.4, 0.5) is 4.39 Å². The zero-order valence-electron chi connectivity index (χ0n) is 16.7. The van der Waals surface area contributed by atoms with Crippen LogP contribution in [0.25, 0.3) is 0 Å². The topological polar surface area (TPSA) is 61.2 Å². The van der Waals surface area contributed by atoms with E-state index in [-0.39, 0.29) is 11.5 Å². The molecule has 1 saturated heterocycles. The van der Waals surface area contributed by atoms with E-state index in [9.17, 15) is 14.0 Å². The molecule has 31 heavy (non-hydrogen) atoms. The number of hydrazine groups is 1. The number of carbonyl (C=O) groups excluding carboxylic acids is 2. The van der Waals surface area contributed by atoms with Crippen LogP contribution in [0.3, 0.4) is 0 Å². The molecule has 2 N–H and O–H groups in total. The number of carbonyl (C=O) groups is 2. The van der Waals surface area contributed by atoms with Crippen LogP contribution >= 0.6 is 11.6 Å². The Morgan fingerprint density at radius 2 is 1.68 bits per heavy atom. The molecule has 5 nitrogen and oxygen atoms in total. The van der Waals surface area contributed by atoms with Gasteiger partial charge in [0.05, 0.1) is 0 Å². The number of hydrogen-bond donors (Lipinski definition) is 2. The van der Waals surface area contributed by atoms with Gasteiger partial charge in [0, 0.05) is 21.7 Å². The van der Waals surface area contributed by atoms with Crippen LogP contribution in [0.5, 0.6) is 0 Å². The first kappa shape index (κ1) is 20.8. The third kappa shape index (κ3) is 4.64. The van der Waals surface area contributed by atoms with Crippen LogP contribution in [0, 0.1) is 12.7 Å². The van der Waals surface area contributed by atoms with Gasteiger partial charge in [0.2, 0.25) is 12.3 Å². The summed E-state index contributed by atoms with van der Waals surface area (Å²) >= 11 is 6.04. The molecule has 4 rings (SSSR count). The summed E-state index contributed by atoms with van der Waals surface area (Å²) in [5, 5.41) is 3.36. The van der Waals surface area contributed by atoms with Crippen LogP contribution in [-0.4, -0.2) is 28.8 Å². The molecule has 0 aliphatic carbocycles. The number of amides is 2. The Labute approximate surface area is 184 Å². The second kappa shape index (κ2) is 8.70. The largest absolute Gasteiger partial charge is 0.334 e. The number of benzene rings is 3. The Bertz CT molecular complexity index is 1140. The van der Waals surface area contributed by atoms with Crippen molar-refractivity contribution in [2.75, 3.05) is 0 Å². The van der Waals surface area contributed by atoms with Gasteiger partial charge in [-0.15, -0.1) is 10.1 Å². The molecule has 7 heteroatoms. The molecular weight excluding hydrogens is 417 g/mol. The average molecular weight is 437 g/mol. The van der Waals surface area contributed by atoms with E-state index in [4.69, 9.17) is 11.6 Å². The van der Waals surface area contributed by atoms with Crippen molar-refractivity contribution < 1.29 is 18.7 Å². The Hall–Kier alpha value is -3.51. The number of aryl methyl sites for hydroxylation is 1. The van der Waals surface area contributed by atoms with Crippen molar-refractivity contribution in [3.63, 3.8) is 0 Å². The van der Waals surface area contributed by atoms with E-state index in [0.717, 1.165) is 16.7 Å². The van der Waals surface area contributed by atoms with Crippen molar-refractivity contribution in [3.8, 4) is 0 Å². The van der Waals surface area contributed by atoms with Gasteiger partial charge in [0.1, 0.15) is 5.82 Å². The van der Waals surface area contributed by atoms with Crippen LogP contribution in [0.15, 0.2) is 72.8 Å². The fourth-order valence-electron chi connectivity index (χ4n) is 3.48. The Morgan fingerprint density at radius 1 is 1.03 bits per heavy atom. The van der Waals surface area contributed by atoms with Gasteiger partial charge in [0.25, 0.3) is 5.91 Å². The number of rotatable bonds is 4. The Balaban J connectivity index is 1.69. The zero-order valence-corrected chi connectivity index (χ0v) is 17.4. The van der Waals surface area contributed by atoms with E-state index in [1.165, 1.54) is 24.3 Å².